The van der Waals surface area contributed by atoms with E-state index in [0.717, 1.165) is 103 Å². The zero-order chi connectivity index (χ0) is 46.9. The Balaban J connectivity index is 2.41. The molecule has 0 aliphatic heterocycles. The van der Waals surface area contributed by atoms with Crippen molar-refractivity contribution < 1.29 is 58.3 Å². The first kappa shape index (κ1) is 59.5. The summed E-state index contributed by atoms with van der Waals surface area (Å²) < 4.78 is 34.2. The van der Waals surface area contributed by atoms with Crippen LogP contribution in [0.3, 0.4) is 0 Å². The van der Waals surface area contributed by atoms with Crippen molar-refractivity contribution in [2.45, 2.75) is 211 Å². The van der Waals surface area contributed by atoms with Gasteiger partial charge in [0.05, 0.1) is 13.2 Å². The summed E-state index contributed by atoms with van der Waals surface area (Å²) in [6.07, 6.45) is 42.2. The lowest BCUT2D eigenvalue weighted by Crippen LogP contribution is -2.64. The third-order valence-corrected chi connectivity index (χ3v) is 11.7. The zero-order valence-electron chi connectivity index (χ0n) is 39.3. The van der Waals surface area contributed by atoms with Gasteiger partial charge in [0.2, 0.25) is 0 Å². The molecule has 0 aromatic carbocycles. The summed E-state index contributed by atoms with van der Waals surface area (Å²) >= 11 is 0. The van der Waals surface area contributed by atoms with E-state index < -0.39 is 63.1 Å². The molecule has 13 heteroatoms. The standard InChI is InChI=1S/C51H87O12P/c1-3-5-7-9-11-13-15-17-19-20-21-22-23-24-25-27-29-31-33-35-37-39-41-60-42-44(43-61-64(58,59)63-51-49(56)47(54)46(53)48(55)50(51)57)62-45(52)40-38-36-34-32-30-28-26-18-16-14-12-10-8-6-4-2/h5,7,11,13,17-19,21-22,24-26,29,31,44,46-51,53-57H,3-4,6,8-10,12,14-16,20,23,27-28,30,32-43H2,1-2H3,(H,58,59)/b7-5-,13-11-,19-17-,22-21-,25-24-,26-18-,31-29-. The normalized spacial score (nSPS) is 22.4. The number of hydrogen-bond acceptors (Lipinski definition) is 11. The largest absolute Gasteiger partial charge is 0.472 e. The van der Waals surface area contributed by atoms with E-state index in [1.165, 1.54) is 38.5 Å². The van der Waals surface area contributed by atoms with Crippen LogP contribution in [-0.2, 0) is 27.9 Å². The summed E-state index contributed by atoms with van der Waals surface area (Å²) in [6.45, 7) is 4.04. The van der Waals surface area contributed by atoms with Crippen molar-refractivity contribution in [3.05, 3.63) is 85.1 Å². The Hall–Kier alpha value is -2.48. The number of phosphoric acid groups is 1. The molecule has 6 N–H and O–H groups in total. The first-order valence-corrected chi connectivity index (χ1v) is 25.9. The molecule has 1 saturated carbocycles. The molecule has 1 aliphatic rings. The predicted molar refractivity (Wildman–Crippen MR) is 258 cm³/mol. The molecule has 0 bridgehead atoms. The van der Waals surface area contributed by atoms with Crippen molar-refractivity contribution in [3.63, 3.8) is 0 Å². The van der Waals surface area contributed by atoms with Crippen LogP contribution in [0, 0.1) is 0 Å². The van der Waals surface area contributed by atoms with Crippen molar-refractivity contribution in [2.24, 2.45) is 0 Å². The Labute approximate surface area is 386 Å². The van der Waals surface area contributed by atoms with Crippen molar-refractivity contribution >= 4 is 13.8 Å². The molecule has 6 atom stereocenters. The molecule has 1 rings (SSSR count). The third kappa shape index (κ3) is 32.2. The van der Waals surface area contributed by atoms with Crippen LogP contribution in [0.25, 0.3) is 0 Å². The molecule has 1 fully saturated rings. The minimum atomic E-state index is -5.04. The number of hydrogen-bond donors (Lipinski definition) is 6. The number of phosphoric ester groups is 1. The highest BCUT2D eigenvalue weighted by Crippen LogP contribution is 2.47. The molecule has 0 aromatic rings. The van der Waals surface area contributed by atoms with Crippen LogP contribution >= 0.6 is 7.82 Å². The second kappa shape index (κ2) is 40.8. The van der Waals surface area contributed by atoms with E-state index in [1.807, 2.05) is 0 Å². The fraction of sp³-hybridized carbons (Fsp3) is 0.706. The monoisotopic (exact) mass is 923 g/mol. The molecule has 0 saturated heterocycles. The number of rotatable bonds is 40. The smallest absolute Gasteiger partial charge is 0.457 e. The molecular weight excluding hydrogens is 836 g/mol. The Bertz CT molecular complexity index is 1380. The van der Waals surface area contributed by atoms with Gasteiger partial charge in [-0.1, -0.05) is 157 Å². The Morgan fingerprint density at radius 2 is 0.922 bits per heavy atom. The molecule has 0 heterocycles. The summed E-state index contributed by atoms with van der Waals surface area (Å²) in [5.41, 5.74) is 0. The van der Waals surface area contributed by atoms with Crippen molar-refractivity contribution in [1.82, 2.24) is 0 Å². The number of allylic oxidation sites excluding steroid dienone is 14. The highest BCUT2D eigenvalue weighted by molar-refractivity contribution is 7.47. The van der Waals surface area contributed by atoms with Crippen molar-refractivity contribution in [2.75, 3.05) is 19.8 Å². The minimum absolute atomic E-state index is 0.108. The molecule has 6 unspecified atom stereocenters. The van der Waals surface area contributed by atoms with Gasteiger partial charge in [0.15, 0.2) is 0 Å². The summed E-state index contributed by atoms with van der Waals surface area (Å²) in [4.78, 5) is 23.2. The average molecular weight is 923 g/mol. The number of aliphatic hydroxyl groups is 5. The van der Waals surface area contributed by atoms with E-state index in [-0.39, 0.29) is 13.0 Å². The molecular formula is C51H87O12P. The van der Waals surface area contributed by atoms with Crippen LogP contribution in [0.4, 0.5) is 0 Å². The van der Waals surface area contributed by atoms with E-state index in [4.69, 9.17) is 18.5 Å². The molecule has 368 valence electrons. The van der Waals surface area contributed by atoms with Gasteiger partial charge >= 0.3 is 13.8 Å². The van der Waals surface area contributed by atoms with Gasteiger partial charge in [-0.2, -0.15) is 0 Å². The predicted octanol–water partition coefficient (Wildman–Crippen LogP) is 10.5. The molecule has 0 aromatic heterocycles. The molecule has 0 spiro atoms. The molecule has 0 radical (unpaired) electrons. The molecule has 12 nitrogen and oxygen atoms in total. The lowest BCUT2D eigenvalue weighted by atomic mass is 9.85. The lowest BCUT2D eigenvalue weighted by Gasteiger charge is -2.41. The van der Waals surface area contributed by atoms with Gasteiger partial charge < -0.3 is 39.9 Å². The summed E-state index contributed by atoms with van der Waals surface area (Å²) in [5.74, 6) is -0.502. The second-order valence-corrected chi connectivity index (χ2v) is 18.0. The minimum Gasteiger partial charge on any atom is -0.457 e. The van der Waals surface area contributed by atoms with Gasteiger partial charge in [0.1, 0.15) is 42.7 Å². The quantitative estimate of drug-likeness (QED) is 0.0148. The zero-order valence-corrected chi connectivity index (χ0v) is 40.2. The first-order valence-electron chi connectivity index (χ1n) is 24.4. The van der Waals surface area contributed by atoms with Gasteiger partial charge in [0, 0.05) is 13.0 Å². The van der Waals surface area contributed by atoms with E-state index in [1.54, 1.807) is 0 Å². The SMILES string of the molecule is CC/C=C\C/C=C\C/C=C\C/C=C\C/C=C\C/C=C\CCCCCOCC(COP(=O)(O)OC1C(O)C(O)C(O)C(O)C1O)OC(=O)CCCCCCC/C=C\CCCCCCCC. The lowest BCUT2D eigenvalue weighted by molar-refractivity contribution is -0.220. The van der Waals surface area contributed by atoms with Crippen LogP contribution in [0.15, 0.2) is 85.1 Å². The van der Waals surface area contributed by atoms with Crippen LogP contribution in [0.1, 0.15) is 168 Å². The van der Waals surface area contributed by atoms with Crippen LogP contribution in [0.5, 0.6) is 0 Å². The molecule has 0 amide bonds. The Morgan fingerprint density at radius 3 is 1.42 bits per heavy atom. The summed E-state index contributed by atoms with van der Waals surface area (Å²) in [7, 11) is -5.04. The topological polar surface area (TPSA) is 192 Å². The van der Waals surface area contributed by atoms with E-state index >= 15 is 0 Å². The van der Waals surface area contributed by atoms with Gasteiger partial charge in [0.25, 0.3) is 0 Å². The number of unbranched alkanes of at least 4 members (excludes halogenated alkanes) is 14. The highest BCUT2D eigenvalue weighted by atomic mass is 31.2. The van der Waals surface area contributed by atoms with Crippen molar-refractivity contribution in [1.29, 1.82) is 0 Å². The number of carbonyl (C=O) groups excluding carboxylic acids is 1. The Morgan fingerprint density at radius 1 is 0.516 bits per heavy atom. The number of ether oxygens (including phenoxy) is 2. The number of carbonyl (C=O) groups is 1. The fourth-order valence-corrected chi connectivity index (χ4v) is 7.85. The van der Waals surface area contributed by atoms with Gasteiger partial charge in [-0.15, -0.1) is 0 Å². The maximum absolute atomic E-state index is 12.8. The van der Waals surface area contributed by atoms with Crippen LogP contribution < -0.4 is 0 Å². The highest BCUT2D eigenvalue weighted by Gasteiger charge is 2.51. The summed E-state index contributed by atoms with van der Waals surface area (Å²) in [6, 6.07) is 0. The maximum Gasteiger partial charge on any atom is 0.472 e. The van der Waals surface area contributed by atoms with Gasteiger partial charge in [-0.25, -0.2) is 4.57 Å². The molecule has 64 heavy (non-hydrogen) atoms. The van der Waals surface area contributed by atoms with E-state index in [2.05, 4.69) is 98.9 Å². The number of aliphatic hydroxyl groups excluding tert-OH is 5. The summed E-state index contributed by atoms with van der Waals surface area (Å²) in [5, 5.41) is 50.2. The number of esters is 1. The van der Waals surface area contributed by atoms with E-state index in [9.17, 15) is 39.8 Å². The fourth-order valence-electron chi connectivity index (χ4n) is 6.88. The van der Waals surface area contributed by atoms with Gasteiger partial charge in [-0.05, 0) is 89.9 Å². The Kier molecular flexibility index (Phi) is 37.9. The van der Waals surface area contributed by atoms with Crippen LogP contribution in [0.2, 0.25) is 0 Å². The molecule has 1 aliphatic carbocycles. The average Bonchev–Trinajstić information content (AvgIpc) is 3.28. The first-order chi connectivity index (χ1) is 31.0. The maximum atomic E-state index is 12.8. The third-order valence-electron chi connectivity index (χ3n) is 10.8. The van der Waals surface area contributed by atoms with Gasteiger partial charge in [-0.3, -0.25) is 13.8 Å². The van der Waals surface area contributed by atoms with Crippen LogP contribution in [-0.4, -0.2) is 98.9 Å². The second-order valence-electron chi connectivity index (χ2n) is 16.6. The van der Waals surface area contributed by atoms with Crippen molar-refractivity contribution in [3.8, 4) is 0 Å². The van der Waals surface area contributed by atoms with E-state index in [0.29, 0.717) is 13.0 Å².